The second kappa shape index (κ2) is 8.61. The number of amides is 1. The number of allylic oxidation sites excluding steroid dienone is 1. The van der Waals surface area contributed by atoms with E-state index in [1.165, 1.54) is 20.3 Å². The number of hydrogen-bond donors (Lipinski definition) is 0. The summed E-state index contributed by atoms with van der Waals surface area (Å²) in [6.07, 6.45) is 4.62. The monoisotopic (exact) mass is 381 g/mol. The molecule has 0 aromatic heterocycles. The minimum absolute atomic E-state index is 0.125. The fourth-order valence-electron chi connectivity index (χ4n) is 3.24. The Labute approximate surface area is 164 Å². The minimum Gasteiger partial charge on any atom is -0.493 e. The van der Waals surface area contributed by atoms with E-state index >= 15 is 0 Å². The number of rotatable bonds is 7. The lowest BCUT2D eigenvalue weighted by Crippen LogP contribution is -2.23. The lowest BCUT2D eigenvalue weighted by atomic mass is 10.1. The summed E-state index contributed by atoms with van der Waals surface area (Å²) in [5.74, 6) is 1.50. The SMILES string of the molecule is COc1ccc(C=CC(=O)c2ccc(N3CCCC3=O)cc2)c(OC)c1OC. The summed E-state index contributed by atoms with van der Waals surface area (Å²) in [5, 5.41) is 0. The van der Waals surface area contributed by atoms with Gasteiger partial charge < -0.3 is 19.1 Å². The predicted octanol–water partition coefficient (Wildman–Crippen LogP) is 3.74. The average Bonchev–Trinajstić information content (AvgIpc) is 3.16. The normalized spacial score (nSPS) is 13.8. The van der Waals surface area contributed by atoms with Crippen LogP contribution in [0, 0.1) is 0 Å². The van der Waals surface area contributed by atoms with Crippen molar-refractivity contribution in [1.82, 2.24) is 0 Å². The third kappa shape index (κ3) is 3.86. The van der Waals surface area contributed by atoms with Crippen LogP contribution in [0.3, 0.4) is 0 Å². The third-order valence-electron chi connectivity index (χ3n) is 4.69. The van der Waals surface area contributed by atoms with Crippen LogP contribution in [0.15, 0.2) is 42.5 Å². The first-order valence-electron chi connectivity index (χ1n) is 9.01. The number of benzene rings is 2. The van der Waals surface area contributed by atoms with Gasteiger partial charge in [0.25, 0.3) is 0 Å². The number of ether oxygens (including phenoxy) is 3. The highest BCUT2D eigenvalue weighted by Gasteiger charge is 2.21. The Morgan fingerprint density at radius 1 is 0.964 bits per heavy atom. The van der Waals surface area contributed by atoms with Crippen LogP contribution < -0.4 is 19.1 Å². The van der Waals surface area contributed by atoms with E-state index in [0.29, 0.717) is 34.8 Å². The molecule has 1 fully saturated rings. The van der Waals surface area contributed by atoms with E-state index in [9.17, 15) is 9.59 Å². The van der Waals surface area contributed by atoms with Crippen molar-refractivity contribution in [3.63, 3.8) is 0 Å². The van der Waals surface area contributed by atoms with E-state index < -0.39 is 0 Å². The highest BCUT2D eigenvalue weighted by atomic mass is 16.5. The molecule has 6 heteroatoms. The molecule has 0 saturated carbocycles. The molecular formula is C22H23NO5. The van der Waals surface area contributed by atoms with Gasteiger partial charge in [-0.1, -0.05) is 0 Å². The van der Waals surface area contributed by atoms with Gasteiger partial charge in [-0.15, -0.1) is 0 Å². The molecule has 0 unspecified atom stereocenters. The molecule has 1 aliphatic rings. The molecule has 1 heterocycles. The second-order valence-corrected chi connectivity index (χ2v) is 6.32. The number of carbonyl (C=O) groups excluding carboxylic acids is 2. The van der Waals surface area contributed by atoms with Gasteiger partial charge in [0.1, 0.15) is 0 Å². The predicted molar refractivity (Wildman–Crippen MR) is 107 cm³/mol. The zero-order chi connectivity index (χ0) is 20.1. The van der Waals surface area contributed by atoms with Crippen LogP contribution in [0.4, 0.5) is 5.69 Å². The van der Waals surface area contributed by atoms with Gasteiger partial charge in [0.05, 0.1) is 21.3 Å². The van der Waals surface area contributed by atoms with E-state index in [1.807, 2.05) is 0 Å². The Morgan fingerprint density at radius 2 is 1.68 bits per heavy atom. The summed E-state index contributed by atoms with van der Waals surface area (Å²) >= 11 is 0. The molecule has 0 spiro atoms. The largest absolute Gasteiger partial charge is 0.493 e. The number of anilines is 1. The van der Waals surface area contributed by atoms with Crippen LogP contribution in [0.5, 0.6) is 17.2 Å². The zero-order valence-electron chi connectivity index (χ0n) is 16.2. The number of methoxy groups -OCH3 is 3. The first-order chi connectivity index (χ1) is 13.6. The zero-order valence-corrected chi connectivity index (χ0v) is 16.2. The van der Waals surface area contributed by atoms with Crippen molar-refractivity contribution in [2.45, 2.75) is 12.8 Å². The Balaban J connectivity index is 1.79. The molecule has 2 aromatic carbocycles. The van der Waals surface area contributed by atoms with Gasteiger partial charge in [-0.25, -0.2) is 0 Å². The Morgan fingerprint density at radius 3 is 2.25 bits per heavy atom. The molecule has 1 aliphatic heterocycles. The molecule has 2 aromatic rings. The molecule has 0 N–H and O–H groups in total. The molecule has 6 nitrogen and oxygen atoms in total. The van der Waals surface area contributed by atoms with E-state index in [-0.39, 0.29) is 11.7 Å². The summed E-state index contributed by atoms with van der Waals surface area (Å²) in [4.78, 5) is 26.1. The van der Waals surface area contributed by atoms with Gasteiger partial charge >= 0.3 is 0 Å². The topological polar surface area (TPSA) is 65.1 Å². The standard InChI is InChI=1S/C22H23NO5/c1-26-19-13-9-16(21(27-2)22(19)28-3)8-12-18(24)15-6-10-17(11-7-15)23-14-4-5-20(23)25/h6-13H,4-5,14H2,1-3H3. The highest BCUT2D eigenvalue weighted by Crippen LogP contribution is 2.40. The quantitative estimate of drug-likeness (QED) is 0.540. The molecule has 0 radical (unpaired) electrons. The number of ketones is 1. The van der Waals surface area contributed by atoms with Gasteiger partial charge in [-0.05, 0) is 55.0 Å². The van der Waals surface area contributed by atoms with Crippen LogP contribution in [0.1, 0.15) is 28.8 Å². The minimum atomic E-state index is -0.142. The summed E-state index contributed by atoms with van der Waals surface area (Å²) in [5.41, 5.74) is 2.07. The molecule has 1 saturated heterocycles. The molecule has 28 heavy (non-hydrogen) atoms. The summed E-state index contributed by atoms with van der Waals surface area (Å²) < 4.78 is 16.1. The van der Waals surface area contributed by atoms with Crippen LogP contribution in [0.2, 0.25) is 0 Å². The van der Waals surface area contributed by atoms with E-state index in [1.54, 1.807) is 54.5 Å². The first-order valence-corrected chi connectivity index (χ1v) is 9.01. The smallest absolute Gasteiger partial charge is 0.227 e. The summed E-state index contributed by atoms with van der Waals surface area (Å²) in [7, 11) is 4.62. The molecular weight excluding hydrogens is 358 g/mol. The maximum atomic E-state index is 12.5. The Kier molecular flexibility index (Phi) is 5.99. The Hall–Kier alpha value is -3.28. The number of hydrogen-bond acceptors (Lipinski definition) is 5. The van der Waals surface area contributed by atoms with Crippen LogP contribution in [0.25, 0.3) is 6.08 Å². The average molecular weight is 381 g/mol. The second-order valence-electron chi connectivity index (χ2n) is 6.32. The molecule has 3 rings (SSSR count). The summed E-state index contributed by atoms with van der Waals surface area (Å²) in [6.45, 7) is 0.727. The van der Waals surface area contributed by atoms with Crippen molar-refractivity contribution < 1.29 is 23.8 Å². The van der Waals surface area contributed by atoms with Crippen molar-refractivity contribution in [3.8, 4) is 17.2 Å². The maximum absolute atomic E-state index is 12.5. The van der Waals surface area contributed by atoms with Crippen LogP contribution >= 0.6 is 0 Å². The van der Waals surface area contributed by atoms with Crippen molar-refractivity contribution >= 4 is 23.5 Å². The molecule has 146 valence electrons. The van der Waals surface area contributed by atoms with Crippen LogP contribution in [-0.4, -0.2) is 39.6 Å². The van der Waals surface area contributed by atoms with Crippen molar-refractivity contribution in [3.05, 3.63) is 53.6 Å². The van der Waals surface area contributed by atoms with Gasteiger partial charge in [-0.3, -0.25) is 9.59 Å². The molecule has 0 atom stereocenters. The van der Waals surface area contributed by atoms with E-state index in [4.69, 9.17) is 14.2 Å². The fourth-order valence-corrected chi connectivity index (χ4v) is 3.24. The summed E-state index contributed by atoms with van der Waals surface area (Å²) in [6, 6.07) is 10.6. The molecule has 1 amide bonds. The molecule has 0 bridgehead atoms. The van der Waals surface area contributed by atoms with Gasteiger partial charge in [0.2, 0.25) is 11.7 Å². The number of nitrogens with zero attached hydrogens (tertiary/aromatic N) is 1. The van der Waals surface area contributed by atoms with Crippen molar-refractivity contribution in [2.24, 2.45) is 0 Å². The Bertz CT molecular complexity index is 902. The fraction of sp³-hybridized carbons (Fsp3) is 0.273. The van der Waals surface area contributed by atoms with Crippen molar-refractivity contribution in [2.75, 3.05) is 32.8 Å². The third-order valence-corrected chi connectivity index (χ3v) is 4.69. The van der Waals surface area contributed by atoms with Gasteiger partial charge in [0.15, 0.2) is 17.3 Å². The lowest BCUT2D eigenvalue weighted by Gasteiger charge is -2.15. The van der Waals surface area contributed by atoms with Crippen molar-refractivity contribution in [1.29, 1.82) is 0 Å². The van der Waals surface area contributed by atoms with E-state index in [0.717, 1.165) is 18.7 Å². The number of carbonyl (C=O) groups is 2. The van der Waals surface area contributed by atoms with E-state index in [2.05, 4.69) is 0 Å². The first kappa shape index (κ1) is 19.5. The van der Waals surface area contributed by atoms with Gasteiger partial charge in [0, 0.05) is 29.8 Å². The lowest BCUT2D eigenvalue weighted by molar-refractivity contribution is -0.117. The van der Waals surface area contributed by atoms with Gasteiger partial charge in [-0.2, -0.15) is 0 Å². The molecule has 0 aliphatic carbocycles. The highest BCUT2D eigenvalue weighted by molar-refractivity contribution is 6.07. The maximum Gasteiger partial charge on any atom is 0.227 e. The van der Waals surface area contributed by atoms with Crippen LogP contribution in [-0.2, 0) is 4.79 Å².